The Kier molecular flexibility index (Phi) is 5.72. The smallest absolute Gasteiger partial charge is 0.263 e. The van der Waals surface area contributed by atoms with Crippen LogP contribution in [0.15, 0.2) is 0 Å². The van der Waals surface area contributed by atoms with Gasteiger partial charge >= 0.3 is 0 Å². The second-order valence-corrected chi connectivity index (χ2v) is 6.46. The fourth-order valence-electron chi connectivity index (χ4n) is 3.00. The zero-order chi connectivity index (χ0) is 17.9. The number of carbonyl (C=O) groups excluding carboxylic acids is 1. The molecule has 2 rings (SSSR count). The van der Waals surface area contributed by atoms with E-state index in [2.05, 4.69) is 5.32 Å². The Balaban J connectivity index is 2.12. The highest BCUT2D eigenvalue weighted by Crippen LogP contribution is 2.43. The maximum Gasteiger partial charge on any atom is 0.263 e. The number of aliphatic hydroxyl groups is 1. The molecule has 24 heavy (non-hydrogen) atoms. The fourth-order valence-corrected chi connectivity index (χ4v) is 3.00. The summed E-state index contributed by atoms with van der Waals surface area (Å²) in [6.45, 7) is 8.38. The number of nitrogens with one attached hydrogen (secondary N) is 1. The van der Waals surface area contributed by atoms with E-state index in [0.717, 1.165) is 22.3 Å². The van der Waals surface area contributed by atoms with E-state index in [-0.39, 0.29) is 19.1 Å². The van der Waals surface area contributed by atoms with Crippen LogP contribution >= 0.6 is 0 Å². The predicted octanol–water partition coefficient (Wildman–Crippen LogP) is 1.53. The molecule has 1 amide bonds. The van der Waals surface area contributed by atoms with Crippen LogP contribution in [0.1, 0.15) is 35.6 Å². The molecular weight excluding hydrogens is 310 g/mol. The molecule has 0 saturated heterocycles. The van der Waals surface area contributed by atoms with E-state index in [4.69, 9.17) is 14.6 Å². The van der Waals surface area contributed by atoms with Gasteiger partial charge < -0.3 is 25.0 Å². The summed E-state index contributed by atoms with van der Waals surface area (Å²) in [5, 5.41) is 21.7. The first-order valence-corrected chi connectivity index (χ1v) is 8.29. The van der Waals surface area contributed by atoms with Gasteiger partial charge in [0.1, 0.15) is 11.5 Å². The lowest BCUT2D eigenvalue weighted by Gasteiger charge is -2.36. The van der Waals surface area contributed by atoms with E-state index in [0.29, 0.717) is 37.5 Å². The number of hydrogen-bond donors (Lipinski definition) is 3. The minimum absolute atomic E-state index is 0.0314. The molecule has 1 aromatic rings. The quantitative estimate of drug-likeness (QED) is 0.685. The van der Waals surface area contributed by atoms with Crippen LogP contribution in [0.25, 0.3) is 0 Å². The maximum atomic E-state index is 12.5. The van der Waals surface area contributed by atoms with E-state index >= 15 is 0 Å². The molecule has 1 aromatic carbocycles. The minimum atomic E-state index is -0.940. The number of fused-ring (bicyclic) bond motifs is 1. The summed E-state index contributed by atoms with van der Waals surface area (Å²) in [7, 11) is 0. The number of phenols is 1. The van der Waals surface area contributed by atoms with Gasteiger partial charge in [0, 0.05) is 18.5 Å². The van der Waals surface area contributed by atoms with Crippen molar-refractivity contribution in [2.45, 2.75) is 46.1 Å². The van der Waals surface area contributed by atoms with Crippen molar-refractivity contribution in [3.05, 3.63) is 22.3 Å². The lowest BCUT2D eigenvalue weighted by molar-refractivity contribution is -0.137. The summed E-state index contributed by atoms with van der Waals surface area (Å²) in [5.41, 5.74) is 2.52. The lowest BCUT2D eigenvalue weighted by Crippen LogP contribution is -2.51. The number of ether oxygens (including phenoxy) is 2. The molecule has 0 fully saturated rings. The van der Waals surface area contributed by atoms with Crippen molar-refractivity contribution < 1.29 is 24.5 Å². The maximum absolute atomic E-state index is 12.5. The standard InChI is InChI=1S/C18H27NO5/c1-11-12(2)16-14(13(3)15(11)21)5-6-18(4,24-16)17(22)19-7-9-23-10-8-20/h20-21H,5-10H2,1-4H3,(H,19,22). The van der Waals surface area contributed by atoms with Crippen molar-refractivity contribution in [3.8, 4) is 11.5 Å². The minimum Gasteiger partial charge on any atom is -0.507 e. The van der Waals surface area contributed by atoms with E-state index in [1.807, 2.05) is 20.8 Å². The predicted molar refractivity (Wildman–Crippen MR) is 90.6 cm³/mol. The Morgan fingerprint density at radius 1 is 1.25 bits per heavy atom. The molecular formula is C18H27NO5. The summed E-state index contributed by atoms with van der Waals surface area (Å²) in [6.07, 6.45) is 1.23. The lowest BCUT2D eigenvalue weighted by atomic mass is 9.86. The largest absolute Gasteiger partial charge is 0.507 e. The molecule has 1 atom stereocenters. The molecule has 1 heterocycles. The Hall–Kier alpha value is -1.79. The van der Waals surface area contributed by atoms with Gasteiger partial charge in [0.25, 0.3) is 5.91 Å². The van der Waals surface area contributed by atoms with Gasteiger partial charge in [-0.2, -0.15) is 0 Å². The zero-order valence-corrected chi connectivity index (χ0v) is 14.9. The van der Waals surface area contributed by atoms with Crippen LogP contribution in [0.3, 0.4) is 0 Å². The highest BCUT2D eigenvalue weighted by molar-refractivity contribution is 5.85. The molecule has 1 aliphatic heterocycles. The highest BCUT2D eigenvalue weighted by Gasteiger charge is 2.40. The molecule has 1 unspecified atom stereocenters. The Bertz CT molecular complexity index is 629. The van der Waals surface area contributed by atoms with Crippen molar-refractivity contribution in [1.82, 2.24) is 5.32 Å². The summed E-state index contributed by atoms with van der Waals surface area (Å²) >= 11 is 0. The third-order valence-corrected chi connectivity index (χ3v) is 4.77. The average molecular weight is 337 g/mol. The Labute approximate surface area is 142 Å². The van der Waals surface area contributed by atoms with Gasteiger partial charge in [0.2, 0.25) is 0 Å². The van der Waals surface area contributed by atoms with Crippen molar-refractivity contribution >= 4 is 5.91 Å². The van der Waals surface area contributed by atoms with Gasteiger partial charge in [0.15, 0.2) is 5.60 Å². The van der Waals surface area contributed by atoms with Crippen LogP contribution in [0, 0.1) is 20.8 Å². The average Bonchev–Trinajstić information content (AvgIpc) is 2.57. The Morgan fingerprint density at radius 2 is 1.96 bits per heavy atom. The summed E-state index contributed by atoms with van der Waals surface area (Å²) in [6, 6.07) is 0. The zero-order valence-electron chi connectivity index (χ0n) is 14.9. The molecule has 0 saturated carbocycles. The number of aliphatic hydroxyl groups excluding tert-OH is 1. The van der Waals surface area contributed by atoms with Crippen LogP contribution in [-0.2, 0) is 16.0 Å². The number of aromatic hydroxyl groups is 1. The third-order valence-electron chi connectivity index (χ3n) is 4.77. The van der Waals surface area contributed by atoms with Gasteiger partial charge in [-0.05, 0) is 50.8 Å². The van der Waals surface area contributed by atoms with E-state index in [9.17, 15) is 9.90 Å². The van der Waals surface area contributed by atoms with Crippen molar-refractivity contribution in [1.29, 1.82) is 0 Å². The normalized spacial score (nSPS) is 19.5. The van der Waals surface area contributed by atoms with Crippen LogP contribution in [0.2, 0.25) is 0 Å². The van der Waals surface area contributed by atoms with Crippen LogP contribution < -0.4 is 10.1 Å². The molecule has 0 spiro atoms. The summed E-state index contributed by atoms with van der Waals surface area (Å²) < 4.78 is 11.2. The summed E-state index contributed by atoms with van der Waals surface area (Å²) in [5.74, 6) is 0.843. The number of benzene rings is 1. The number of carbonyl (C=O) groups is 1. The topological polar surface area (TPSA) is 88.0 Å². The van der Waals surface area contributed by atoms with Crippen LogP contribution in [-0.4, -0.2) is 48.1 Å². The van der Waals surface area contributed by atoms with Gasteiger partial charge in [-0.1, -0.05) is 0 Å². The fraction of sp³-hybridized carbons (Fsp3) is 0.611. The van der Waals surface area contributed by atoms with Crippen LogP contribution in [0.5, 0.6) is 11.5 Å². The highest BCUT2D eigenvalue weighted by atomic mass is 16.5. The molecule has 1 aliphatic rings. The molecule has 0 bridgehead atoms. The van der Waals surface area contributed by atoms with Crippen molar-refractivity contribution in [2.75, 3.05) is 26.4 Å². The first-order valence-electron chi connectivity index (χ1n) is 8.29. The van der Waals surface area contributed by atoms with Gasteiger partial charge in [-0.25, -0.2) is 0 Å². The third kappa shape index (κ3) is 3.49. The number of hydrogen-bond acceptors (Lipinski definition) is 5. The first kappa shape index (κ1) is 18.5. The summed E-state index contributed by atoms with van der Waals surface area (Å²) in [4.78, 5) is 12.5. The molecule has 134 valence electrons. The van der Waals surface area contributed by atoms with Gasteiger partial charge in [0.05, 0.1) is 19.8 Å². The van der Waals surface area contributed by atoms with E-state index < -0.39 is 5.60 Å². The first-order chi connectivity index (χ1) is 11.3. The molecule has 0 aliphatic carbocycles. The second kappa shape index (κ2) is 7.40. The molecule has 0 aromatic heterocycles. The van der Waals surface area contributed by atoms with Gasteiger partial charge in [-0.3, -0.25) is 4.79 Å². The number of phenolic OH excluding ortho intramolecular Hbond substituents is 1. The van der Waals surface area contributed by atoms with Crippen molar-refractivity contribution in [2.24, 2.45) is 0 Å². The van der Waals surface area contributed by atoms with E-state index in [1.165, 1.54) is 0 Å². The monoisotopic (exact) mass is 337 g/mol. The molecule has 0 radical (unpaired) electrons. The SMILES string of the molecule is Cc1c(C)c2c(c(C)c1O)CCC(C)(C(=O)NCCOCCO)O2. The molecule has 6 heteroatoms. The van der Waals surface area contributed by atoms with Gasteiger partial charge in [-0.15, -0.1) is 0 Å². The Morgan fingerprint density at radius 3 is 2.62 bits per heavy atom. The number of rotatable bonds is 6. The molecule has 3 N–H and O–H groups in total. The van der Waals surface area contributed by atoms with Crippen molar-refractivity contribution in [3.63, 3.8) is 0 Å². The van der Waals surface area contributed by atoms with Crippen LogP contribution in [0.4, 0.5) is 0 Å². The second-order valence-electron chi connectivity index (χ2n) is 6.46. The van der Waals surface area contributed by atoms with E-state index in [1.54, 1.807) is 6.92 Å². The number of amides is 1. The molecule has 6 nitrogen and oxygen atoms in total.